The molecule has 0 saturated carbocycles. The van der Waals surface area contributed by atoms with Crippen LogP contribution in [-0.2, 0) is 6.42 Å². The Kier molecular flexibility index (Phi) is 2.44. The lowest BCUT2D eigenvalue weighted by atomic mass is 10.4. The van der Waals surface area contributed by atoms with Gasteiger partial charge in [-0.2, -0.15) is 0 Å². The van der Waals surface area contributed by atoms with Gasteiger partial charge >= 0.3 is 11.9 Å². The molecule has 0 aliphatic heterocycles. The molecule has 2 aromatic heterocycles. The molecule has 0 saturated heterocycles. The molecule has 2 N–H and O–H groups in total. The van der Waals surface area contributed by atoms with Crippen molar-refractivity contribution in [2.45, 2.75) is 6.42 Å². The highest BCUT2D eigenvalue weighted by Gasteiger charge is 2.20. The molecule has 2 heterocycles. The molecule has 2 rings (SSSR count). The van der Waals surface area contributed by atoms with E-state index >= 15 is 0 Å². The summed E-state index contributed by atoms with van der Waals surface area (Å²) in [6.07, 6.45) is -0.0469. The minimum atomic E-state index is -0.739. The van der Waals surface area contributed by atoms with Crippen LogP contribution in [0.15, 0.2) is 0 Å². The van der Waals surface area contributed by atoms with Gasteiger partial charge in [-0.15, -0.1) is 10.2 Å². The number of nitro groups is 2. The van der Waals surface area contributed by atoms with Crippen molar-refractivity contribution in [3.63, 3.8) is 0 Å². The number of nitrogens with zero attached hydrogens (tertiary/aromatic N) is 6. The summed E-state index contributed by atoms with van der Waals surface area (Å²) in [5.41, 5.74) is 0. The van der Waals surface area contributed by atoms with E-state index in [1.54, 1.807) is 0 Å². The Hall–Kier alpha value is -2.92. The standard InChI is InChI=1S/C5H4N8O4/c14-12(15)4-6-2(8-10-4)1-3-7-5(11-9-3)13(16)17/h1H2,(H,6,8,10)(H,7,9,11). The van der Waals surface area contributed by atoms with Crippen molar-refractivity contribution in [3.05, 3.63) is 31.9 Å². The maximum absolute atomic E-state index is 10.3. The second-order valence-corrected chi connectivity index (χ2v) is 2.84. The molecule has 0 fully saturated rings. The third-order valence-corrected chi connectivity index (χ3v) is 1.70. The summed E-state index contributed by atoms with van der Waals surface area (Å²) < 4.78 is 0. The van der Waals surface area contributed by atoms with Gasteiger partial charge < -0.3 is 20.2 Å². The number of hydrogen-bond acceptors (Lipinski definition) is 8. The predicted molar refractivity (Wildman–Crippen MR) is 48.9 cm³/mol. The fourth-order valence-corrected chi connectivity index (χ4v) is 1.04. The van der Waals surface area contributed by atoms with Crippen LogP contribution in [0.1, 0.15) is 11.6 Å². The van der Waals surface area contributed by atoms with Crippen LogP contribution in [0.25, 0.3) is 0 Å². The SMILES string of the molecule is O=[N+]([O-])c1nc(Cc2n[nH]c([N+](=O)[O-])n2)n[nH]1. The minimum absolute atomic E-state index is 0.0469. The number of hydrogen-bond donors (Lipinski definition) is 2. The lowest BCUT2D eigenvalue weighted by molar-refractivity contribution is -0.394. The molecular weight excluding hydrogens is 236 g/mol. The molecule has 0 unspecified atom stereocenters. The first-order valence-corrected chi connectivity index (χ1v) is 4.17. The van der Waals surface area contributed by atoms with Crippen LogP contribution in [0.4, 0.5) is 11.9 Å². The second kappa shape index (κ2) is 3.92. The molecule has 2 aromatic rings. The summed E-state index contributed by atoms with van der Waals surface area (Å²) in [6.45, 7) is 0. The van der Waals surface area contributed by atoms with E-state index in [1.807, 2.05) is 0 Å². The van der Waals surface area contributed by atoms with Crippen LogP contribution < -0.4 is 0 Å². The summed E-state index contributed by atoms with van der Waals surface area (Å²) in [5, 5.41) is 31.9. The molecule has 0 aromatic carbocycles. The summed E-state index contributed by atoms with van der Waals surface area (Å²) in [5.74, 6) is -0.869. The Morgan fingerprint density at radius 2 is 1.35 bits per heavy atom. The third-order valence-electron chi connectivity index (χ3n) is 1.70. The smallest absolute Gasteiger partial charge is 0.390 e. The third kappa shape index (κ3) is 2.19. The van der Waals surface area contributed by atoms with Crippen molar-refractivity contribution in [1.82, 2.24) is 30.4 Å². The minimum Gasteiger partial charge on any atom is -0.390 e. The Balaban J connectivity index is 2.13. The Bertz CT molecular complexity index is 522. The molecule has 12 nitrogen and oxygen atoms in total. The van der Waals surface area contributed by atoms with Gasteiger partial charge in [-0.25, -0.2) is 0 Å². The molecule has 12 heteroatoms. The predicted octanol–water partition coefficient (Wildman–Crippen LogP) is -0.670. The largest absolute Gasteiger partial charge is 0.453 e. The highest BCUT2D eigenvalue weighted by molar-refractivity contribution is 5.09. The van der Waals surface area contributed by atoms with E-state index in [-0.39, 0.29) is 18.1 Å². The number of aromatic nitrogens is 6. The molecule has 0 spiro atoms. The average molecular weight is 240 g/mol. The van der Waals surface area contributed by atoms with Gasteiger partial charge in [-0.1, -0.05) is 10.2 Å². The van der Waals surface area contributed by atoms with E-state index in [0.29, 0.717) is 0 Å². The quantitative estimate of drug-likeness (QED) is 0.523. The molecular formula is C5H4N8O4. The van der Waals surface area contributed by atoms with Crippen molar-refractivity contribution >= 4 is 11.9 Å². The number of nitrogens with one attached hydrogen (secondary N) is 2. The molecule has 17 heavy (non-hydrogen) atoms. The van der Waals surface area contributed by atoms with Crippen LogP contribution in [-0.4, -0.2) is 40.2 Å². The zero-order valence-corrected chi connectivity index (χ0v) is 8.02. The summed E-state index contributed by atoms with van der Waals surface area (Å²) in [7, 11) is 0. The van der Waals surface area contributed by atoms with E-state index in [1.165, 1.54) is 0 Å². The van der Waals surface area contributed by atoms with E-state index in [4.69, 9.17) is 0 Å². The summed E-state index contributed by atoms with van der Waals surface area (Å²) in [4.78, 5) is 26.2. The van der Waals surface area contributed by atoms with Gasteiger partial charge in [0.05, 0.1) is 0 Å². The molecule has 88 valence electrons. The van der Waals surface area contributed by atoms with Gasteiger partial charge in [-0.3, -0.25) is 0 Å². The van der Waals surface area contributed by atoms with Crippen LogP contribution in [0.3, 0.4) is 0 Å². The van der Waals surface area contributed by atoms with Gasteiger partial charge in [0.1, 0.15) is 6.42 Å². The van der Waals surface area contributed by atoms with E-state index in [0.717, 1.165) is 0 Å². The van der Waals surface area contributed by atoms with Gasteiger partial charge in [0.2, 0.25) is 0 Å². The molecule has 0 bridgehead atoms. The summed E-state index contributed by atoms with van der Waals surface area (Å²) in [6, 6.07) is 0. The lowest BCUT2D eigenvalue weighted by Gasteiger charge is -1.84. The van der Waals surface area contributed by atoms with E-state index in [9.17, 15) is 20.2 Å². The van der Waals surface area contributed by atoms with Crippen LogP contribution >= 0.6 is 0 Å². The molecule has 0 aliphatic rings. The normalized spacial score (nSPS) is 10.4. The van der Waals surface area contributed by atoms with Crippen LogP contribution in [0, 0.1) is 20.2 Å². The zero-order chi connectivity index (χ0) is 12.4. The maximum atomic E-state index is 10.3. The van der Waals surface area contributed by atoms with Crippen molar-refractivity contribution < 1.29 is 9.85 Å². The topological polar surface area (TPSA) is 169 Å². The zero-order valence-electron chi connectivity index (χ0n) is 8.02. The first kappa shape index (κ1) is 10.6. The Morgan fingerprint density at radius 1 is 0.941 bits per heavy atom. The number of rotatable bonds is 4. The fourth-order valence-electron chi connectivity index (χ4n) is 1.04. The van der Waals surface area contributed by atoms with Crippen molar-refractivity contribution in [2.75, 3.05) is 0 Å². The second-order valence-electron chi connectivity index (χ2n) is 2.84. The first-order valence-electron chi connectivity index (χ1n) is 4.17. The molecule has 0 amide bonds. The van der Waals surface area contributed by atoms with Crippen molar-refractivity contribution in [1.29, 1.82) is 0 Å². The van der Waals surface area contributed by atoms with Crippen LogP contribution in [0.2, 0.25) is 0 Å². The summed E-state index contributed by atoms with van der Waals surface area (Å²) >= 11 is 0. The number of aromatic amines is 2. The van der Waals surface area contributed by atoms with Crippen LogP contribution in [0.5, 0.6) is 0 Å². The van der Waals surface area contributed by atoms with Gasteiger partial charge in [-0.05, 0) is 19.8 Å². The lowest BCUT2D eigenvalue weighted by Crippen LogP contribution is -1.95. The van der Waals surface area contributed by atoms with Crippen molar-refractivity contribution in [2.24, 2.45) is 0 Å². The van der Waals surface area contributed by atoms with E-state index < -0.39 is 21.7 Å². The number of H-pyrrole nitrogens is 2. The Morgan fingerprint density at radius 3 is 1.65 bits per heavy atom. The van der Waals surface area contributed by atoms with Crippen molar-refractivity contribution in [3.8, 4) is 0 Å². The first-order chi connectivity index (χ1) is 8.06. The highest BCUT2D eigenvalue weighted by Crippen LogP contribution is 2.07. The van der Waals surface area contributed by atoms with Gasteiger partial charge in [0.25, 0.3) is 11.6 Å². The maximum Gasteiger partial charge on any atom is 0.453 e. The monoisotopic (exact) mass is 240 g/mol. The van der Waals surface area contributed by atoms with Gasteiger partial charge in [0, 0.05) is 0 Å². The van der Waals surface area contributed by atoms with E-state index in [2.05, 4.69) is 30.4 Å². The molecule has 0 radical (unpaired) electrons. The highest BCUT2D eigenvalue weighted by atomic mass is 16.6. The van der Waals surface area contributed by atoms with Gasteiger partial charge in [0.15, 0.2) is 0 Å². The molecule has 0 aliphatic carbocycles. The molecule has 0 atom stereocenters. The average Bonchev–Trinajstić information content (AvgIpc) is 2.87. The Labute approximate surface area is 91.4 Å². The fraction of sp³-hybridized carbons (Fsp3) is 0.200.